The number of rotatable bonds is 6. The molecule has 0 radical (unpaired) electrons. The molecule has 3 heterocycles. The molecule has 8 heteroatoms. The second-order valence-corrected chi connectivity index (χ2v) is 9.27. The zero-order chi connectivity index (χ0) is 25.9. The molecule has 0 unspecified atom stereocenters. The Kier molecular flexibility index (Phi) is 6.72. The van der Waals surface area contributed by atoms with E-state index in [4.69, 9.17) is 10.2 Å². The number of primary amides is 1. The van der Waals surface area contributed by atoms with Gasteiger partial charge in [0.2, 0.25) is 5.91 Å². The summed E-state index contributed by atoms with van der Waals surface area (Å²) in [6.07, 6.45) is 3.07. The fraction of sp³-hybridized carbons (Fsp3) is 0.241. The number of pyridine rings is 1. The van der Waals surface area contributed by atoms with E-state index in [9.17, 15) is 14.4 Å². The molecule has 0 saturated carbocycles. The van der Waals surface area contributed by atoms with Crippen LogP contribution in [0.1, 0.15) is 34.3 Å². The van der Waals surface area contributed by atoms with Crippen LogP contribution in [0.5, 0.6) is 0 Å². The maximum absolute atomic E-state index is 13.3. The summed E-state index contributed by atoms with van der Waals surface area (Å²) in [6, 6.07) is 18.1. The van der Waals surface area contributed by atoms with Crippen molar-refractivity contribution in [2.75, 3.05) is 18.0 Å². The number of carbonyl (C=O) groups is 2. The standard InChI is InChI=1S/C29H28N4O4/c1-18-24(34)22-10-5-11-23(26(22)37-25(18)19-7-3-2-4-8-19)29(36)32-17-21-9-6-14-31-28(21)33-15-12-20(13-16-33)27(30)35/h2-11,14,20H,12-13,15-17H2,1H3,(H2,30,35)(H,32,36). The molecule has 8 nitrogen and oxygen atoms in total. The Morgan fingerprint density at radius 3 is 2.54 bits per heavy atom. The van der Waals surface area contributed by atoms with E-state index in [2.05, 4.69) is 15.2 Å². The third-order valence-electron chi connectivity index (χ3n) is 6.93. The lowest BCUT2D eigenvalue weighted by molar-refractivity contribution is -0.122. The monoisotopic (exact) mass is 496 g/mol. The van der Waals surface area contributed by atoms with Crippen molar-refractivity contribution in [1.82, 2.24) is 10.3 Å². The van der Waals surface area contributed by atoms with Gasteiger partial charge in [0.25, 0.3) is 5.91 Å². The lowest BCUT2D eigenvalue weighted by Gasteiger charge is -2.32. The van der Waals surface area contributed by atoms with Crippen molar-refractivity contribution in [1.29, 1.82) is 0 Å². The summed E-state index contributed by atoms with van der Waals surface area (Å²) in [5.41, 5.74) is 7.98. The summed E-state index contributed by atoms with van der Waals surface area (Å²) in [6.45, 7) is 3.32. The molecule has 4 aromatic rings. The number of anilines is 1. The zero-order valence-electron chi connectivity index (χ0n) is 20.6. The number of fused-ring (bicyclic) bond motifs is 1. The quantitative estimate of drug-likeness (QED) is 0.419. The predicted octanol–water partition coefficient (Wildman–Crippen LogP) is 3.80. The molecule has 0 spiro atoms. The minimum Gasteiger partial charge on any atom is -0.455 e. The van der Waals surface area contributed by atoms with Crippen LogP contribution in [0.25, 0.3) is 22.3 Å². The number of nitrogens with two attached hydrogens (primary N) is 1. The molecule has 1 aliphatic rings. The average molecular weight is 497 g/mol. The number of para-hydroxylation sites is 1. The summed E-state index contributed by atoms with van der Waals surface area (Å²) in [4.78, 5) is 44.6. The topological polar surface area (TPSA) is 119 Å². The van der Waals surface area contributed by atoms with Gasteiger partial charge >= 0.3 is 0 Å². The summed E-state index contributed by atoms with van der Waals surface area (Å²) in [5.74, 6) is 0.498. The highest BCUT2D eigenvalue weighted by molar-refractivity contribution is 6.05. The molecule has 1 saturated heterocycles. The lowest BCUT2D eigenvalue weighted by atomic mass is 9.96. The number of amides is 2. The average Bonchev–Trinajstić information content (AvgIpc) is 2.94. The molecule has 5 rings (SSSR count). The molecule has 2 amide bonds. The highest BCUT2D eigenvalue weighted by Crippen LogP contribution is 2.28. The van der Waals surface area contributed by atoms with Gasteiger partial charge in [0.1, 0.15) is 11.6 Å². The number of nitrogens with zero attached hydrogens (tertiary/aromatic N) is 2. The molecule has 1 fully saturated rings. The molecule has 0 atom stereocenters. The van der Waals surface area contributed by atoms with Crippen LogP contribution in [-0.4, -0.2) is 29.9 Å². The molecule has 0 bridgehead atoms. The van der Waals surface area contributed by atoms with E-state index >= 15 is 0 Å². The van der Waals surface area contributed by atoms with Crippen molar-refractivity contribution in [3.63, 3.8) is 0 Å². The summed E-state index contributed by atoms with van der Waals surface area (Å²) in [7, 11) is 0. The lowest BCUT2D eigenvalue weighted by Crippen LogP contribution is -2.39. The van der Waals surface area contributed by atoms with Crippen LogP contribution in [0.4, 0.5) is 5.82 Å². The third kappa shape index (κ3) is 4.82. The molecule has 2 aromatic carbocycles. The second kappa shape index (κ2) is 10.3. The SMILES string of the molecule is Cc1c(-c2ccccc2)oc2c(C(=O)NCc3cccnc3N3CCC(C(N)=O)CC3)cccc2c1=O. The highest BCUT2D eigenvalue weighted by Gasteiger charge is 2.25. The molecule has 1 aliphatic heterocycles. The molecule has 37 heavy (non-hydrogen) atoms. The normalized spacial score (nSPS) is 14.0. The van der Waals surface area contributed by atoms with Crippen LogP contribution in [0.2, 0.25) is 0 Å². The highest BCUT2D eigenvalue weighted by atomic mass is 16.3. The van der Waals surface area contributed by atoms with Crippen LogP contribution < -0.4 is 21.4 Å². The van der Waals surface area contributed by atoms with E-state index in [0.29, 0.717) is 48.2 Å². The molecule has 188 valence electrons. The fourth-order valence-electron chi connectivity index (χ4n) is 4.85. The van der Waals surface area contributed by atoms with Crippen molar-refractivity contribution in [2.45, 2.75) is 26.3 Å². The minimum atomic E-state index is -0.348. The number of carbonyl (C=O) groups excluding carboxylic acids is 2. The minimum absolute atomic E-state index is 0.117. The Labute approximate surface area is 214 Å². The van der Waals surface area contributed by atoms with Crippen LogP contribution in [0.3, 0.4) is 0 Å². The maximum Gasteiger partial charge on any atom is 0.255 e. The van der Waals surface area contributed by atoms with Gasteiger partial charge in [0.05, 0.1) is 10.9 Å². The van der Waals surface area contributed by atoms with Crippen molar-refractivity contribution < 1.29 is 14.0 Å². The van der Waals surface area contributed by atoms with Crippen LogP contribution in [0, 0.1) is 12.8 Å². The first-order chi connectivity index (χ1) is 17.9. The van der Waals surface area contributed by atoms with Crippen LogP contribution >= 0.6 is 0 Å². The summed E-state index contributed by atoms with van der Waals surface area (Å²) in [5, 5.41) is 3.33. The van der Waals surface area contributed by atoms with Gasteiger partial charge in [0.15, 0.2) is 11.0 Å². The molecular weight excluding hydrogens is 468 g/mol. The Bertz CT molecular complexity index is 1520. The zero-order valence-corrected chi connectivity index (χ0v) is 20.6. The summed E-state index contributed by atoms with van der Waals surface area (Å²) >= 11 is 0. The first-order valence-electron chi connectivity index (χ1n) is 12.3. The third-order valence-corrected chi connectivity index (χ3v) is 6.93. The smallest absolute Gasteiger partial charge is 0.255 e. The predicted molar refractivity (Wildman–Crippen MR) is 142 cm³/mol. The van der Waals surface area contributed by atoms with Gasteiger partial charge in [-0.2, -0.15) is 0 Å². The van der Waals surface area contributed by atoms with E-state index in [1.54, 1.807) is 31.3 Å². The number of benzene rings is 2. The molecule has 3 N–H and O–H groups in total. The molecule has 0 aliphatic carbocycles. The van der Waals surface area contributed by atoms with E-state index in [1.165, 1.54) is 0 Å². The Hall–Kier alpha value is -4.46. The number of hydrogen-bond acceptors (Lipinski definition) is 6. The van der Waals surface area contributed by atoms with Gasteiger partial charge < -0.3 is 20.4 Å². The number of hydrogen-bond donors (Lipinski definition) is 2. The maximum atomic E-state index is 13.3. The van der Waals surface area contributed by atoms with Gasteiger partial charge in [0, 0.05) is 48.4 Å². The van der Waals surface area contributed by atoms with Gasteiger partial charge in [-0.3, -0.25) is 14.4 Å². The van der Waals surface area contributed by atoms with Crippen LogP contribution in [-0.2, 0) is 11.3 Å². The largest absolute Gasteiger partial charge is 0.455 e. The van der Waals surface area contributed by atoms with Gasteiger partial charge in [-0.15, -0.1) is 0 Å². The fourth-order valence-corrected chi connectivity index (χ4v) is 4.85. The Balaban J connectivity index is 1.41. The van der Waals surface area contributed by atoms with Gasteiger partial charge in [-0.25, -0.2) is 4.98 Å². The first kappa shape index (κ1) is 24.2. The molecular formula is C29H28N4O4. The van der Waals surface area contributed by atoms with Crippen molar-refractivity contribution in [2.24, 2.45) is 11.7 Å². The Morgan fingerprint density at radius 1 is 1.05 bits per heavy atom. The number of piperidine rings is 1. The van der Waals surface area contributed by atoms with E-state index < -0.39 is 0 Å². The van der Waals surface area contributed by atoms with Crippen molar-refractivity contribution in [3.05, 3.63) is 93.8 Å². The summed E-state index contributed by atoms with van der Waals surface area (Å²) < 4.78 is 6.19. The number of aromatic nitrogens is 1. The Morgan fingerprint density at radius 2 is 1.81 bits per heavy atom. The van der Waals surface area contributed by atoms with Crippen LogP contribution in [0.15, 0.2) is 76.1 Å². The van der Waals surface area contributed by atoms with Gasteiger partial charge in [-0.05, 0) is 38.0 Å². The second-order valence-electron chi connectivity index (χ2n) is 9.27. The van der Waals surface area contributed by atoms with E-state index in [-0.39, 0.29) is 35.3 Å². The van der Waals surface area contributed by atoms with Crippen molar-refractivity contribution >= 4 is 28.6 Å². The molecule has 2 aromatic heterocycles. The first-order valence-corrected chi connectivity index (χ1v) is 12.3. The van der Waals surface area contributed by atoms with E-state index in [0.717, 1.165) is 16.9 Å². The number of nitrogens with one attached hydrogen (secondary N) is 1. The van der Waals surface area contributed by atoms with Crippen molar-refractivity contribution in [3.8, 4) is 11.3 Å². The van der Waals surface area contributed by atoms with Gasteiger partial charge in [-0.1, -0.05) is 42.5 Å². The van der Waals surface area contributed by atoms with E-state index in [1.807, 2.05) is 42.5 Å².